The number of aromatic nitrogens is 5. The Labute approximate surface area is 247 Å². The maximum atomic E-state index is 12.4. The molecule has 11 nitrogen and oxygen atoms in total. The van der Waals surface area contributed by atoms with Crippen molar-refractivity contribution in [3.63, 3.8) is 0 Å². The highest BCUT2D eigenvalue weighted by molar-refractivity contribution is 7.90. The van der Waals surface area contributed by atoms with Crippen LogP contribution in [0.1, 0.15) is 16.1 Å². The van der Waals surface area contributed by atoms with Crippen LogP contribution in [0.4, 0.5) is 11.5 Å². The first-order valence-corrected chi connectivity index (χ1v) is 14.8. The minimum atomic E-state index is -3.19. The summed E-state index contributed by atoms with van der Waals surface area (Å²) in [5, 5.41) is 12.2. The number of fused-ring (bicyclic) bond motifs is 2. The topological polar surface area (TPSA) is 145 Å². The van der Waals surface area contributed by atoms with Crippen molar-refractivity contribution in [1.82, 2.24) is 30.0 Å². The summed E-state index contributed by atoms with van der Waals surface area (Å²) in [6.45, 7) is 0.675. The number of carbonyl (C=O) groups is 1. The van der Waals surface area contributed by atoms with Crippen molar-refractivity contribution in [3.8, 4) is 11.5 Å². The van der Waals surface area contributed by atoms with Crippen molar-refractivity contribution >= 4 is 61.5 Å². The normalized spacial score (nSPS) is 11.4. The lowest BCUT2D eigenvalue weighted by atomic mass is 10.2. The Balaban J connectivity index is 0.00000353. The van der Waals surface area contributed by atoms with Gasteiger partial charge < -0.3 is 15.1 Å². The van der Waals surface area contributed by atoms with Gasteiger partial charge in [0.15, 0.2) is 11.5 Å². The Morgan fingerprint density at radius 1 is 0.976 bits per heavy atom. The van der Waals surface area contributed by atoms with Crippen LogP contribution in [0.2, 0.25) is 0 Å². The number of sulfone groups is 1. The van der Waals surface area contributed by atoms with Crippen LogP contribution < -0.4 is 10.6 Å². The third kappa shape index (κ3) is 6.40. The van der Waals surface area contributed by atoms with Gasteiger partial charge in [0, 0.05) is 29.3 Å². The molecular formula is C29H26ClN7O4S. The predicted molar refractivity (Wildman–Crippen MR) is 163 cm³/mol. The second-order valence-electron chi connectivity index (χ2n) is 9.55. The fourth-order valence-corrected chi connectivity index (χ4v) is 4.88. The molecule has 0 spiro atoms. The van der Waals surface area contributed by atoms with Gasteiger partial charge in [0.1, 0.15) is 27.7 Å². The molecule has 2 N–H and O–H groups in total. The monoisotopic (exact) mass is 603 g/mol. The molecule has 0 unspecified atom stereocenters. The lowest BCUT2D eigenvalue weighted by Gasteiger charge is -2.10. The van der Waals surface area contributed by atoms with E-state index in [0.29, 0.717) is 34.7 Å². The molecule has 4 heterocycles. The summed E-state index contributed by atoms with van der Waals surface area (Å²) >= 11 is 0. The van der Waals surface area contributed by atoms with E-state index in [9.17, 15) is 13.2 Å². The second-order valence-corrected chi connectivity index (χ2v) is 11.8. The summed E-state index contributed by atoms with van der Waals surface area (Å²) in [6, 6.07) is 21.1. The Hall–Kier alpha value is -4.81. The van der Waals surface area contributed by atoms with Crippen LogP contribution in [0.3, 0.4) is 0 Å². The van der Waals surface area contributed by atoms with Gasteiger partial charge in [-0.3, -0.25) is 14.5 Å². The second kappa shape index (κ2) is 12.0. The van der Waals surface area contributed by atoms with E-state index in [-0.39, 0.29) is 30.5 Å². The maximum absolute atomic E-state index is 12.4. The Bertz CT molecular complexity index is 1990. The van der Waals surface area contributed by atoms with Crippen LogP contribution in [0.5, 0.6) is 0 Å². The van der Waals surface area contributed by atoms with Gasteiger partial charge >= 0.3 is 0 Å². The Kier molecular flexibility index (Phi) is 8.18. The highest BCUT2D eigenvalue weighted by Crippen LogP contribution is 2.29. The summed E-state index contributed by atoms with van der Waals surface area (Å²) < 4.78 is 30.3. The molecule has 0 radical (unpaired) electrons. The van der Waals surface area contributed by atoms with E-state index in [0.717, 1.165) is 22.8 Å². The quantitative estimate of drug-likeness (QED) is 0.242. The fraction of sp³-hybridized carbons (Fsp3) is 0.138. The lowest BCUT2D eigenvalue weighted by molar-refractivity contribution is 0.0929. The zero-order valence-electron chi connectivity index (χ0n) is 22.4. The molecule has 6 rings (SSSR count). The van der Waals surface area contributed by atoms with E-state index < -0.39 is 15.7 Å². The molecule has 0 aliphatic carbocycles. The number of furan rings is 1. The van der Waals surface area contributed by atoms with Crippen LogP contribution in [0.25, 0.3) is 33.3 Å². The first-order chi connectivity index (χ1) is 19.8. The molecule has 1 amide bonds. The summed E-state index contributed by atoms with van der Waals surface area (Å²) in [4.78, 5) is 25.6. The fourth-order valence-electron chi connectivity index (χ4n) is 4.41. The van der Waals surface area contributed by atoms with Crippen molar-refractivity contribution in [2.24, 2.45) is 0 Å². The summed E-state index contributed by atoms with van der Waals surface area (Å²) in [7, 11) is -3.19. The number of amides is 1. The number of hydrogen-bond acceptors (Lipinski definition) is 9. The van der Waals surface area contributed by atoms with E-state index in [1.807, 2.05) is 47.3 Å². The van der Waals surface area contributed by atoms with Crippen molar-refractivity contribution in [3.05, 3.63) is 96.8 Å². The molecule has 0 aliphatic rings. The number of carbonyl (C=O) groups excluding carboxylic acids is 1. The molecule has 4 aromatic heterocycles. The Morgan fingerprint density at radius 3 is 2.62 bits per heavy atom. The van der Waals surface area contributed by atoms with Crippen LogP contribution in [0.15, 0.2) is 89.9 Å². The highest BCUT2D eigenvalue weighted by atomic mass is 35.5. The van der Waals surface area contributed by atoms with Gasteiger partial charge in [-0.05, 0) is 42.0 Å². The van der Waals surface area contributed by atoms with Gasteiger partial charge in [-0.25, -0.2) is 18.4 Å². The number of hydrogen-bond donors (Lipinski definition) is 2. The van der Waals surface area contributed by atoms with Gasteiger partial charge in [0.25, 0.3) is 5.91 Å². The highest BCUT2D eigenvalue weighted by Gasteiger charge is 2.15. The molecule has 0 saturated carbocycles. The smallest absolute Gasteiger partial charge is 0.287 e. The first kappa shape index (κ1) is 28.7. The molecule has 0 fully saturated rings. The lowest BCUT2D eigenvalue weighted by Crippen LogP contribution is -2.28. The Morgan fingerprint density at radius 2 is 1.81 bits per heavy atom. The van der Waals surface area contributed by atoms with E-state index >= 15 is 0 Å². The SMILES string of the molecule is CS(=O)(=O)CCNC(=O)c1ccc(-c2cc3c(Nc4ccc5c(cnn5Cc5ccccc5)c4)ncnc3cn2)o1.Cl. The molecule has 6 aromatic rings. The largest absolute Gasteiger partial charge is 0.449 e. The number of anilines is 2. The summed E-state index contributed by atoms with van der Waals surface area (Å²) in [5.41, 5.74) is 4.15. The molecule has 0 atom stereocenters. The molecular weight excluding hydrogens is 578 g/mol. The number of nitrogens with zero attached hydrogens (tertiary/aromatic N) is 5. The number of pyridine rings is 1. The van der Waals surface area contributed by atoms with Gasteiger partial charge in [-0.2, -0.15) is 5.10 Å². The van der Waals surface area contributed by atoms with Gasteiger partial charge in [0.05, 0.1) is 35.7 Å². The average molecular weight is 604 g/mol. The third-order valence-electron chi connectivity index (χ3n) is 6.44. The molecule has 13 heteroatoms. The van der Waals surface area contributed by atoms with Crippen LogP contribution in [-0.2, 0) is 16.4 Å². The van der Waals surface area contributed by atoms with E-state index in [4.69, 9.17) is 4.42 Å². The van der Waals surface area contributed by atoms with Crippen LogP contribution >= 0.6 is 12.4 Å². The summed E-state index contributed by atoms with van der Waals surface area (Å²) in [5.74, 6) is 0.354. The minimum Gasteiger partial charge on any atom is -0.449 e. The van der Waals surface area contributed by atoms with Gasteiger partial charge in [-0.15, -0.1) is 12.4 Å². The predicted octanol–water partition coefficient (Wildman–Crippen LogP) is 4.62. The van der Waals surface area contributed by atoms with Crippen molar-refractivity contribution in [2.45, 2.75) is 6.54 Å². The molecule has 0 bridgehead atoms. The average Bonchev–Trinajstić information content (AvgIpc) is 3.61. The molecule has 42 heavy (non-hydrogen) atoms. The maximum Gasteiger partial charge on any atom is 0.287 e. The third-order valence-corrected chi connectivity index (χ3v) is 7.39. The zero-order chi connectivity index (χ0) is 28.4. The van der Waals surface area contributed by atoms with E-state index in [1.54, 1.807) is 18.3 Å². The van der Waals surface area contributed by atoms with Crippen LogP contribution in [0, 0.1) is 0 Å². The zero-order valence-corrected chi connectivity index (χ0v) is 24.0. The first-order valence-electron chi connectivity index (χ1n) is 12.8. The van der Waals surface area contributed by atoms with E-state index in [1.165, 1.54) is 18.0 Å². The number of benzene rings is 2. The number of halogens is 1. The molecule has 2 aromatic carbocycles. The standard InChI is InChI=1S/C29H25N7O4S.ClH/c1-41(38,39)12-11-30-29(37)27-10-9-26(40-27)23-14-22-24(16-31-23)32-18-33-28(22)35-21-7-8-25-20(13-21)15-34-36(25)17-19-5-3-2-4-6-19;/h2-10,13-16,18H,11-12,17H2,1H3,(H,30,37)(H,32,33,35);1H. The van der Waals surface area contributed by atoms with Crippen molar-refractivity contribution in [2.75, 3.05) is 23.9 Å². The number of rotatable bonds is 9. The van der Waals surface area contributed by atoms with Crippen LogP contribution in [-0.4, -0.2) is 57.6 Å². The van der Waals surface area contributed by atoms with Crippen molar-refractivity contribution in [1.29, 1.82) is 0 Å². The molecule has 0 aliphatic heterocycles. The number of nitrogens with one attached hydrogen (secondary N) is 2. The minimum absolute atomic E-state index is 0. The summed E-state index contributed by atoms with van der Waals surface area (Å²) in [6.07, 6.45) is 6.04. The van der Waals surface area contributed by atoms with E-state index in [2.05, 4.69) is 42.8 Å². The molecule has 214 valence electrons. The van der Waals surface area contributed by atoms with Gasteiger partial charge in [-0.1, -0.05) is 30.3 Å². The van der Waals surface area contributed by atoms with Gasteiger partial charge in [0.2, 0.25) is 0 Å². The molecule has 0 saturated heterocycles. The van der Waals surface area contributed by atoms with Crippen molar-refractivity contribution < 1.29 is 17.6 Å².